The monoisotopic (exact) mass is 393 g/mol. The molecule has 3 rings (SSSR count). The molecule has 0 unspecified atom stereocenters. The van der Waals surface area contributed by atoms with Crippen molar-refractivity contribution >= 4 is 38.2 Å². The van der Waals surface area contributed by atoms with Gasteiger partial charge < -0.3 is 4.74 Å². The first-order chi connectivity index (χ1) is 11.1. The van der Waals surface area contributed by atoms with Crippen molar-refractivity contribution in [1.82, 2.24) is 14.6 Å². The number of carbonyl (C=O) groups is 1. The second-order valence-electron chi connectivity index (χ2n) is 4.71. The van der Waals surface area contributed by atoms with Crippen LogP contribution in [-0.4, -0.2) is 27.2 Å². The molecule has 0 saturated carbocycles. The number of rotatable bonds is 4. The second-order valence-corrected chi connectivity index (χ2v) is 6.60. The van der Waals surface area contributed by atoms with E-state index in [9.17, 15) is 9.59 Å². The molecule has 0 spiro atoms. The number of fused-ring (bicyclic) bond motifs is 1. The van der Waals surface area contributed by atoms with E-state index in [1.807, 2.05) is 24.3 Å². The third-order valence-corrected chi connectivity index (χ3v) is 4.44. The average Bonchev–Trinajstić information content (AvgIpc) is 2.91. The summed E-state index contributed by atoms with van der Waals surface area (Å²) in [6.07, 6.45) is 0.492. The third kappa shape index (κ3) is 3.32. The van der Waals surface area contributed by atoms with Gasteiger partial charge in [-0.3, -0.25) is 9.20 Å². The molecule has 6 nitrogen and oxygen atoms in total. The third-order valence-electron chi connectivity index (χ3n) is 3.15. The number of halogens is 1. The Kier molecular flexibility index (Phi) is 4.53. The van der Waals surface area contributed by atoms with E-state index in [4.69, 9.17) is 4.74 Å². The number of hydrogen-bond acceptors (Lipinski definition) is 6. The quantitative estimate of drug-likeness (QED) is 0.637. The number of ether oxygens (including phenoxy) is 1. The van der Waals surface area contributed by atoms with Gasteiger partial charge in [-0.25, -0.2) is 4.79 Å². The SMILES string of the molecule is CCOC(=O)c1cc(=O)sc2nnc(Cc3ccc(Br)cc3)n12. The summed E-state index contributed by atoms with van der Waals surface area (Å²) in [6.45, 7) is 1.95. The van der Waals surface area contributed by atoms with Crippen LogP contribution >= 0.6 is 27.3 Å². The Morgan fingerprint density at radius 3 is 2.74 bits per heavy atom. The molecule has 0 aliphatic carbocycles. The van der Waals surface area contributed by atoms with Crippen molar-refractivity contribution in [3.05, 3.63) is 61.4 Å². The Morgan fingerprint density at radius 2 is 2.04 bits per heavy atom. The Bertz CT molecular complexity index is 918. The predicted molar refractivity (Wildman–Crippen MR) is 90.0 cm³/mol. The van der Waals surface area contributed by atoms with E-state index in [0.29, 0.717) is 17.2 Å². The van der Waals surface area contributed by atoms with Gasteiger partial charge in [0.25, 0.3) is 0 Å². The standard InChI is InChI=1S/C15H12BrN3O3S/c1-2-22-14(21)11-8-13(20)23-15-18-17-12(19(11)15)7-9-3-5-10(16)6-4-9/h3-6,8H,2,7H2,1H3. The first kappa shape index (κ1) is 15.8. The van der Waals surface area contributed by atoms with E-state index in [1.54, 1.807) is 11.3 Å². The fourth-order valence-corrected chi connectivity index (χ4v) is 3.15. The van der Waals surface area contributed by atoms with E-state index in [0.717, 1.165) is 21.4 Å². The molecule has 0 amide bonds. The molecule has 1 aromatic carbocycles. The summed E-state index contributed by atoms with van der Waals surface area (Å²) >= 11 is 4.34. The van der Waals surface area contributed by atoms with Crippen LogP contribution < -0.4 is 4.74 Å². The van der Waals surface area contributed by atoms with Crippen molar-refractivity contribution in [3.63, 3.8) is 0 Å². The van der Waals surface area contributed by atoms with E-state index in [1.165, 1.54) is 6.07 Å². The maximum absolute atomic E-state index is 12.1. The van der Waals surface area contributed by atoms with Crippen molar-refractivity contribution in [2.24, 2.45) is 0 Å². The predicted octanol–water partition coefficient (Wildman–Crippen LogP) is 2.68. The minimum absolute atomic E-state index is 0.155. The maximum Gasteiger partial charge on any atom is 0.355 e. The van der Waals surface area contributed by atoms with Gasteiger partial charge >= 0.3 is 5.97 Å². The van der Waals surface area contributed by atoms with Crippen LogP contribution in [0.5, 0.6) is 0 Å². The van der Waals surface area contributed by atoms with Crippen LogP contribution in [0.1, 0.15) is 28.8 Å². The molecule has 0 N–H and O–H groups in total. The van der Waals surface area contributed by atoms with Crippen LogP contribution in [0.15, 0.2) is 39.6 Å². The van der Waals surface area contributed by atoms with Gasteiger partial charge in [-0.1, -0.05) is 39.4 Å². The molecule has 3 aromatic rings. The molecule has 23 heavy (non-hydrogen) atoms. The maximum atomic E-state index is 12.1. The summed E-state index contributed by atoms with van der Waals surface area (Å²) in [5.74, 6) is 0.0286. The Labute approximate surface area is 143 Å². The minimum Gasteiger partial charge on any atom is -0.461 e. The topological polar surface area (TPSA) is 73.6 Å². The summed E-state index contributed by atoms with van der Waals surface area (Å²) in [7, 11) is 0. The lowest BCUT2D eigenvalue weighted by Gasteiger charge is -2.06. The molecule has 118 valence electrons. The minimum atomic E-state index is -0.556. The smallest absolute Gasteiger partial charge is 0.355 e. The van der Waals surface area contributed by atoms with Crippen molar-refractivity contribution in [1.29, 1.82) is 0 Å². The van der Waals surface area contributed by atoms with Gasteiger partial charge in [0.2, 0.25) is 9.70 Å². The highest BCUT2D eigenvalue weighted by molar-refractivity contribution is 9.10. The first-order valence-electron chi connectivity index (χ1n) is 6.88. The average molecular weight is 394 g/mol. The van der Waals surface area contributed by atoms with Gasteiger partial charge in [-0.15, -0.1) is 10.2 Å². The fourth-order valence-electron chi connectivity index (χ4n) is 2.16. The van der Waals surface area contributed by atoms with Crippen LogP contribution in [0.25, 0.3) is 4.96 Å². The molecular formula is C15H12BrN3O3S. The van der Waals surface area contributed by atoms with Crippen molar-refractivity contribution in [2.75, 3.05) is 6.61 Å². The Balaban J connectivity index is 2.09. The van der Waals surface area contributed by atoms with Gasteiger partial charge in [0.1, 0.15) is 11.5 Å². The number of benzene rings is 1. The lowest BCUT2D eigenvalue weighted by atomic mass is 10.1. The normalized spacial score (nSPS) is 10.9. The van der Waals surface area contributed by atoms with Gasteiger partial charge in [-0.2, -0.15) is 0 Å². The molecule has 0 saturated heterocycles. The van der Waals surface area contributed by atoms with Crippen LogP contribution in [0.3, 0.4) is 0 Å². The fraction of sp³-hybridized carbons (Fsp3) is 0.200. The molecule has 0 atom stereocenters. The highest BCUT2D eigenvalue weighted by atomic mass is 79.9. The summed E-state index contributed by atoms with van der Waals surface area (Å²) in [5.41, 5.74) is 1.18. The lowest BCUT2D eigenvalue weighted by molar-refractivity contribution is 0.0517. The first-order valence-corrected chi connectivity index (χ1v) is 8.49. The zero-order chi connectivity index (χ0) is 16.4. The lowest BCUT2D eigenvalue weighted by Crippen LogP contribution is -2.15. The van der Waals surface area contributed by atoms with E-state index < -0.39 is 5.97 Å². The van der Waals surface area contributed by atoms with Crippen LogP contribution in [-0.2, 0) is 11.2 Å². The molecule has 2 aromatic heterocycles. The molecule has 0 radical (unpaired) electrons. The molecule has 0 fully saturated rings. The summed E-state index contributed by atoms with van der Waals surface area (Å²) in [5, 5.41) is 8.13. The van der Waals surface area contributed by atoms with Crippen LogP contribution in [0.4, 0.5) is 0 Å². The van der Waals surface area contributed by atoms with Gasteiger partial charge in [-0.05, 0) is 24.6 Å². The molecule has 2 heterocycles. The molecule has 0 aliphatic rings. The van der Waals surface area contributed by atoms with E-state index >= 15 is 0 Å². The summed E-state index contributed by atoms with van der Waals surface area (Å²) in [4.78, 5) is 24.2. The second kappa shape index (κ2) is 6.59. The molecule has 0 aliphatic heterocycles. The Hall–Kier alpha value is -2.06. The number of esters is 1. The van der Waals surface area contributed by atoms with Crippen molar-refractivity contribution < 1.29 is 9.53 Å². The highest BCUT2D eigenvalue weighted by Crippen LogP contribution is 2.16. The van der Waals surface area contributed by atoms with E-state index in [-0.39, 0.29) is 17.0 Å². The number of nitrogens with zero attached hydrogens (tertiary/aromatic N) is 3. The van der Waals surface area contributed by atoms with Gasteiger partial charge in [0.15, 0.2) is 0 Å². The molecule has 8 heteroatoms. The highest BCUT2D eigenvalue weighted by Gasteiger charge is 2.18. The number of carbonyl (C=O) groups excluding carboxylic acids is 1. The largest absolute Gasteiger partial charge is 0.461 e. The van der Waals surface area contributed by atoms with Crippen molar-refractivity contribution in [2.45, 2.75) is 13.3 Å². The summed E-state index contributed by atoms with van der Waals surface area (Å²) < 4.78 is 7.34. The number of hydrogen-bond donors (Lipinski definition) is 0. The van der Waals surface area contributed by atoms with Crippen LogP contribution in [0.2, 0.25) is 0 Å². The van der Waals surface area contributed by atoms with Crippen molar-refractivity contribution in [3.8, 4) is 0 Å². The summed E-state index contributed by atoms with van der Waals surface area (Å²) in [6, 6.07) is 9.05. The van der Waals surface area contributed by atoms with Crippen LogP contribution in [0, 0.1) is 0 Å². The zero-order valence-electron chi connectivity index (χ0n) is 12.2. The van der Waals surface area contributed by atoms with Gasteiger partial charge in [0.05, 0.1) is 6.61 Å². The molecule has 0 bridgehead atoms. The molecular weight excluding hydrogens is 382 g/mol. The van der Waals surface area contributed by atoms with Gasteiger partial charge in [0, 0.05) is 17.0 Å². The Morgan fingerprint density at radius 1 is 1.30 bits per heavy atom. The van der Waals surface area contributed by atoms with E-state index in [2.05, 4.69) is 26.1 Å². The number of aromatic nitrogens is 3. The zero-order valence-corrected chi connectivity index (χ0v) is 14.6.